The molecule has 3 rings (SSSR count). The van der Waals surface area contributed by atoms with Crippen LogP contribution in [-0.2, 0) is 11.3 Å². The molecule has 0 saturated carbocycles. The van der Waals surface area contributed by atoms with E-state index < -0.39 is 0 Å². The Labute approximate surface area is 132 Å². The lowest BCUT2D eigenvalue weighted by Crippen LogP contribution is -2.28. The molecule has 7 heteroatoms. The Morgan fingerprint density at radius 2 is 1.90 bits per heavy atom. The van der Waals surface area contributed by atoms with Gasteiger partial charge in [0.05, 0.1) is 12.7 Å². The second-order valence-electron chi connectivity index (χ2n) is 5.01. The minimum absolute atomic E-state index is 0.219. The van der Waals surface area contributed by atoms with Crippen LogP contribution in [0.3, 0.4) is 0 Å². The average molecular weight is 325 g/mol. The Bertz CT molecular complexity index is 650. The predicted molar refractivity (Wildman–Crippen MR) is 81.3 cm³/mol. The number of carbonyl (C=O) groups excluding carboxylic acids is 1. The van der Waals surface area contributed by atoms with E-state index in [4.69, 9.17) is 23.2 Å². The largest absolute Gasteiger partial charge is 0.341 e. The Kier molecular flexibility index (Phi) is 4.12. The van der Waals surface area contributed by atoms with Gasteiger partial charge in [-0.15, -0.1) is 5.10 Å². The first-order valence-corrected chi connectivity index (χ1v) is 7.52. The van der Waals surface area contributed by atoms with Crippen molar-refractivity contribution in [2.45, 2.75) is 19.4 Å². The van der Waals surface area contributed by atoms with Gasteiger partial charge in [0.25, 0.3) is 0 Å². The van der Waals surface area contributed by atoms with Crippen LogP contribution in [0, 0.1) is 0 Å². The third-order valence-corrected chi connectivity index (χ3v) is 3.90. The fourth-order valence-corrected chi connectivity index (χ4v) is 2.93. The number of hydrogen-bond acceptors (Lipinski definition) is 3. The van der Waals surface area contributed by atoms with E-state index in [0.29, 0.717) is 35.2 Å². The summed E-state index contributed by atoms with van der Waals surface area (Å²) in [7, 11) is 0. The molecule has 0 spiro atoms. The second-order valence-corrected chi connectivity index (χ2v) is 5.88. The maximum atomic E-state index is 11.5. The van der Waals surface area contributed by atoms with Crippen LogP contribution in [0.2, 0.25) is 10.0 Å². The number of carbonyl (C=O) groups is 1. The summed E-state index contributed by atoms with van der Waals surface area (Å²) >= 11 is 12.0. The van der Waals surface area contributed by atoms with Crippen molar-refractivity contribution in [1.29, 1.82) is 0 Å². The van der Waals surface area contributed by atoms with Crippen LogP contribution >= 0.6 is 23.2 Å². The lowest BCUT2D eigenvalue weighted by Gasteiger charge is -2.14. The number of rotatable bonds is 4. The molecule has 0 atom stereocenters. The van der Waals surface area contributed by atoms with E-state index in [1.807, 2.05) is 11.1 Å². The van der Waals surface area contributed by atoms with E-state index in [2.05, 4.69) is 10.3 Å². The quantitative estimate of drug-likeness (QED) is 0.868. The number of hydrogen-bond donors (Lipinski definition) is 0. The van der Waals surface area contributed by atoms with Crippen molar-refractivity contribution in [2.24, 2.45) is 0 Å². The first kappa shape index (κ1) is 14.4. The highest BCUT2D eigenvalue weighted by molar-refractivity contribution is 6.35. The van der Waals surface area contributed by atoms with Crippen LogP contribution in [0.1, 0.15) is 12.8 Å². The Morgan fingerprint density at radius 1 is 1.14 bits per heavy atom. The molecule has 5 nitrogen and oxygen atoms in total. The van der Waals surface area contributed by atoms with E-state index in [1.165, 1.54) is 0 Å². The maximum Gasteiger partial charge on any atom is 0.222 e. The van der Waals surface area contributed by atoms with Gasteiger partial charge in [-0.3, -0.25) is 9.48 Å². The zero-order chi connectivity index (χ0) is 14.8. The topological polar surface area (TPSA) is 51.0 Å². The summed E-state index contributed by atoms with van der Waals surface area (Å²) in [6.07, 6.45) is 3.44. The molecule has 1 fully saturated rings. The number of halogens is 2. The van der Waals surface area contributed by atoms with Gasteiger partial charge >= 0.3 is 0 Å². The molecule has 0 aliphatic carbocycles. The highest BCUT2D eigenvalue weighted by atomic mass is 35.5. The highest BCUT2D eigenvalue weighted by Gasteiger charge is 2.19. The van der Waals surface area contributed by atoms with Crippen LogP contribution in [0.25, 0.3) is 11.3 Å². The fourth-order valence-electron chi connectivity index (χ4n) is 2.41. The first-order valence-electron chi connectivity index (χ1n) is 6.76. The van der Waals surface area contributed by atoms with E-state index >= 15 is 0 Å². The van der Waals surface area contributed by atoms with Gasteiger partial charge in [0.1, 0.15) is 5.69 Å². The molecule has 1 aliphatic heterocycles. The maximum absolute atomic E-state index is 11.5. The monoisotopic (exact) mass is 324 g/mol. The van der Waals surface area contributed by atoms with E-state index in [0.717, 1.165) is 18.5 Å². The van der Waals surface area contributed by atoms with Crippen molar-refractivity contribution < 1.29 is 4.79 Å². The summed E-state index contributed by atoms with van der Waals surface area (Å²) in [5.41, 5.74) is 1.54. The highest BCUT2D eigenvalue weighted by Crippen LogP contribution is 2.25. The smallest absolute Gasteiger partial charge is 0.222 e. The van der Waals surface area contributed by atoms with Crippen molar-refractivity contribution >= 4 is 29.1 Å². The molecule has 1 amide bonds. The van der Waals surface area contributed by atoms with Crippen molar-refractivity contribution in [3.05, 3.63) is 34.4 Å². The SMILES string of the molecule is O=C1CCCN1CCn1cc(-c2cc(Cl)cc(Cl)c2)nn1. The number of aromatic nitrogens is 3. The van der Waals surface area contributed by atoms with Crippen LogP contribution in [0.5, 0.6) is 0 Å². The van der Waals surface area contributed by atoms with Crippen LogP contribution in [0.15, 0.2) is 24.4 Å². The van der Waals surface area contributed by atoms with Crippen molar-refractivity contribution in [3.8, 4) is 11.3 Å². The van der Waals surface area contributed by atoms with Gasteiger partial charge in [-0.25, -0.2) is 0 Å². The third-order valence-electron chi connectivity index (χ3n) is 3.47. The van der Waals surface area contributed by atoms with Crippen molar-refractivity contribution in [1.82, 2.24) is 19.9 Å². The second kappa shape index (κ2) is 6.03. The standard InChI is InChI=1S/C14H14Cl2N4O/c15-11-6-10(7-12(16)8-11)13-9-20(18-17-13)5-4-19-3-1-2-14(19)21/h6-9H,1-5H2. The predicted octanol–water partition coefficient (Wildman–Crippen LogP) is 2.87. The van der Waals surface area contributed by atoms with Gasteiger partial charge < -0.3 is 4.90 Å². The minimum atomic E-state index is 0.219. The molecule has 1 aliphatic rings. The van der Waals surface area contributed by atoms with Gasteiger partial charge in [0.2, 0.25) is 5.91 Å². The summed E-state index contributed by atoms with van der Waals surface area (Å²) in [6.45, 7) is 2.13. The normalized spacial score (nSPS) is 15.0. The average Bonchev–Trinajstić information content (AvgIpc) is 3.04. The lowest BCUT2D eigenvalue weighted by molar-refractivity contribution is -0.127. The van der Waals surface area contributed by atoms with Gasteiger partial charge in [0.15, 0.2) is 0 Å². The zero-order valence-electron chi connectivity index (χ0n) is 11.3. The summed E-state index contributed by atoms with van der Waals surface area (Å²) in [5.74, 6) is 0.219. The minimum Gasteiger partial charge on any atom is -0.341 e. The van der Waals surface area contributed by atoms with E-state index in [-0.39, 0.29) is 5.91 Å². The van der Waals surface area contributed by atoms with Crippen LogP contribution in [0.4, 0.5) is 0 Å². The molecular weight excluding hydrogens is 311 g/mol. The van der Waals surface area contributed by atoms with Gasteiger partial charge in [-0.05, 0) is 24.6 Å². The summed E-state index contributed by atoms with van der Waals surface area (Å²) < 4.78 is 1.73. The van der Waals surface area contributed by atoms with Crippen molar-refractivity contribution in [3.63, 3.8) is 0 Å². The van der Waals surface area contributed by atoms with Gasteiger partial charge in [-0.2, -0.15) is 0 Å². The molecule has 0 bridgehead atoms. The number of benzene rings is 1. The summed E-state index contributed by atoms with van der Waals surface area (Å²) in [6, 6.07) is 5.27. The van der Waals surface area contributed by atoms with Crippen molar-refractivity contribution in [2.75, 3.05) is 13.1 Å². The fraction of sp³-hybridized carbons (Fsp3) is 0.357. The number of nitrogens with zero attached hydrogens (tertiary/aromatic N) is 4. The van der Waals surface area contributed by atoms with Crippen LogP contribution < -0.4 is 0 Å². The van der Waals surface area contributed by atoms with Gasteiger partial charge in [0, 0.05) is 35.1 Å². The molecular formula is C14H14Cl2N4O. The molecule has 1 saturated heterocycles. The Balaban J connectivity index is 1.69. The van der Waals surface area contributed by atoms with E-state index in [1.54, 1.807) is 22.9 Å². The summed E-state index contributed by atoms with van der Waals surface area (Å²) in [4.78, 5) is 13.4. The Hall–Kier alpha value is -1.59. The van der Waals surface area contributed by atoms with Gasteiger partial charge in [-0.1, -0.05) is 28.4 Å². The van der Waals surface area contributed by atoms with E-state index in [9.17, 15) is 4.79 Å². The number of likely N-dealkylation sites (tertiary alicyclic amines) is 1. The Morgan fingerprint density at radius 3 is 2.57 bits per heavy atom. The molecule has 0 N–H and O–H groups in total. The molecule has 21 heavy (non-hydrogen) atoms. The lowest BCUT2D eigenvalue weighted by atomic mass is 10.2. The zero-order valence-corrected chi connectivity index (χ0v) is 12.8. The molecule has 0 unspecified atom stereocenters. The third kappa shape index (κ3) is 3.36. The molecule has 1 aromatic carbocycles. The molecule has 0 radical (unpaired) electrons. The molecule has 2 heterocycles. The molecule has 2 aromatic rings. The first-order chi connectivity index (χ1) is 10.1. The summed E-state index contributed by atoms with van der Waals surface area (Å²) in [5, 5.41) is 9.33. The van der Waals surface area contributed by atoms with Crippen LogP contribution in [-0.4, -0.2) is 38.9 Å². The number of amides is 1. The molecule has 110 valence electrons. The molecule has 1 aromatic heterocycles.